The van der Waals surface area contributed by atoms with Crippen molar-refractivity contribution in [2.45, 2.75) is 44.3 Å². The van der Waals surface area contributed by atoms with Gasteiger partial charge in [0.25, 0.3) is 0 Å². The Morgan fingerprint density at radius 2 is 2.09 bits per heavy atom. The molecule has 2 rings (SSSR count). The molecule has 1 aliphatic carbocycles. The molecule has 2 fully saturated rings. The van der Waals surface area contributed by atoms with Crippen LogP contribution < -0.4 is 0 Å². The van der Waals surface area contributed by atoms with Crippen LogP contribution in [0.15, 0.2) is 0 Å². The van der Waals surface area contributed by atoms with Gasteiger partial charge >= 0.3 is 0 Å². The first-order valence-corrected chi connectivity index (χ1v) is 4.34. The van der Waals surface area contributed by atoms with E-state index in [4.69, 9.17) is 10.00 Å². The summed E-state index contributed by atoms with van der Waals surface area (Å²) < 4.78 is 5.38. The quantitative estimate of drug-likeness (QED) is 0.495. The molecule has 1 atom stereocenters. The van der Waals surface area contributed by atoms with E-state index < -0.39 is 0 Å². The molecule has 2 heteroatoms. The average molecular weight is 151 g/mol. The first-order chi connectivity index (χ1) is 5.27. The number of epoxide rings is 1. The smallest absolute Gasteiger partial charge is 0.173 e. The zero-order chi connectivity index (χ0) is 7.90. The van der Waals surface area contributed by atoms with Crippen molar-refractivity contribution < 1.29 is 4.74 Å². The van der Waals surface area contributed by atoms with E-state index in [1.165, 1.54) is 12.8 Å². The predicted molar refractivity (Wildman–Crippen MR) is 40.8 cm³/mol. The highest BCUT2D eigenvalue weighted by Gasteiger charge is 2.57. The number of nitrogens with zero attached hydrogens (tertiary/aromatic N) is 1. The standard InChI is InChI=1S/C9H13NO/c1-7-2-4-9(5-3-7)8(6-10)11-9/h7-8H,2-5H2,1H3. The van der Waals surface area contributed by atoms with Crippen molar-refractivity contribution in [2.75, 3.05) is 0 Å². The fourth-order valence-corrected chi connectivity index (χ4v) is 1.98. The van der Waals surface area contributed by atoms with Crippen molar-refractivity contribution in [2.24, 2.45) is 5.92 Å². The fraction of sp³-hybridized carbons (Fsp3) is 0.889. The van der Waals surface area contributed by atoms with E-state index in [-0.39, 0.29) is 11.7 Å². The maximum absolute atomic E-state index is 8.61. The second-order valence-electron chi connectivity index (χ2n) is 3.87. The van der Waals surface area contributed by atoms with Crippen LogP contribution >= 0.6 is 0 Å². The molecular weight excluding hydrogens is 138 g/mol. The Balaban J connectivity index is 1.95. The van der Waals surface area contributed by atoms with Gasteiger partial charge in [0.15, 0.2) is 6.10 Å². The highest BCUT2D eigenvalue weighted by Crippen LogP contribution is 2.48. The van der Waals surface area contributed by atoms with Crippen LogP contribution in [0.25, 0.3) is 0 Å². The summed E-state index contributed by atoms with van der Waals surface area (Å²) in [5.41, 5.74) is 0.0151. The van der Waals surface area contributed by atoms with Crippen molar-refractivity contribution in [3.63, 3.8) is 0 Å². The lowest BCUT2D eigenvalue weighted by molar-refractivity contribution is 0.205. The molecule has 1 unspecified atom stereocenters. The molecule has 2 nitrogen and oxygen atoms in total. The summed E-state index contributed by atoms with van der Waals surface area (Å²) in [7, 11) is 0. The van der Waals surface area contributed by atoms with E-state index in [1.807, 2.05) is 0 Å². The molecule has 1 spiro atoms. The summed E-state index contributed by atoms with van der Waals surface area (Å²) in [4.78, 5) is 0. The van der Waals surface area contributed by atoms with Gasteiger partial charge < -0.3 is 4.74 Å². The Morgan fingerprint density at radius 1 is 1.45 bits per heavy atom. The minimum absolute atomic E-state index is 0.0151. The lowest BCUT2D eigenvalue weighted by Gasteiger charge is -2.22. The van der Waals surface area contributed by atoms with Gasteiger partial charge in [-0.1, -0.05) is 6.92 Å². The van der Waals surface area contributed by atoms with Crippen LogP contribution in [-0.4, -0.2) is 11.7 Å². The topological polar surface area (TPSA) is 36.3 Å². The molecule has 1 heterocycles. The van der Waals surface area contributed by atoms with Crippen molar-refractivity contribution in [1.29, 1.82) is 5.26 Å². The Morgan fingerprint density at radius 3 is 2.55 bits per heavy atom. The Labute approximate surface area is 67.2 Å². The van der Waals surface area contributed by atoms with Gasteiger partial charge in [-0.05, 0) is 31.6 Å². The molecule has 60 valence electrons. The van der Waals surface area contributed by atoms with E-state index in [0.717, 1.165) is 18.8 Å². The Bertz CT molecular complexity index is 198. The van der Waals surface area contributed by atoms with Crippen molar-refractivity contribution >= 4 is 0 Å². The first-order valence-electron chi connectivity index (χ1n) is 4.34. The summed E-state index contributed by atoms with van der Waals surface area (Å²) >= 11 is 0. The molecular formula is C9H13NO. The van der Waals surface area contributed by atoms with E-state index >= 15 is 0 Å². The van der Waals surface area contributed by atoms with Gasteiger partial charge in [-0.25, -0.2) is 0 Å². The molecule has 0 aromatic heterocycles. The van der Waals surface area contributed by atoms with Gasteiger partial charge in [-0.3, -0.25) is 0 Å². The minimum Gasteiger partial charge on any atom is -0.350 e. The number of rotatable bonds is 0. The first kappa shape index (κ1) is 7.12. The third-order valence-electron chi connectivity index (χ3n) is 3.01. The van der Waals surface area contributed by atoms with Crippen molar-refractivity contribution in [1.82, 2.24) is 0 Å². The van der Waals surface area contributed by atoms with Crippen LogP contribution in [0, 0.1) is 17.2 Å². The Kier molecular flexibility index (Phi) is 1.43. The molecule has 1 saturated carbocycles. The third-order valence-corrected chi connectivity index (χ3v) is 3.01. The minimum atomic E-state index is -0.0741. The van der Waals surface area contributed by atoms with Gasteiger partial charge in [0.1, 0.15) is 5.60 Å². The van der Waals surface area contributed by atoms with Gasteiger partial charge in [-0.15, -0.1) is 0 Å². The predicted octanol–water partition coefficient (Wildman–Crippen LogP) is 1.86. The third kappa shape index (κ3) is 1.04. The largest absolute Gasteiger partial charge is 0.350 e. The van der Waals surface area contributed by atoms with Crippen LogP contribution in [0.4, 0.5) is 0 Å². The van der Waals surface area contributed by atoms with Gasteiger partial charge in [0.05, 0.1) is 6.07 Å². The summed E-state index contributed by atoms with van der Waals surface area (Å²) in [6.45, 7) is 2.27. The second kappa shape index (κ2) is 2.22. The van der Waals surface area contributed by atoms with Gasteiger partial charge in [0, 0.05) is 0 Å². The number of hydrogen-bond donors (Lipinski definition) is 0. The molecule has 2 aliphatic rings. The molecule has 0 bridgehead atoms. The summed E-state index contributed by atoms with van der Waals surface area (Å²) in [6, 6.07) is 2.19. The fourth-order valence-electron chi connectivity index (χ4n) is 1.98. The molecule has 0 aromatic rings. The van der Waals surface area contributed by atoms with E-state index in [9.17, 15) is 0 Å². The summed E-state index contributed by atoms with van der Waals surface area (Å²) in [6.07, 6.45) is 4.60. The zero-order valence-corrected chi connectivity index (χ0v) is 6.84. The van der Waals surface area contributed by atoms with E-state index in [2.05, 4.69) is 13.0 Å². The van der Waals surface area contributed by atoms with Crippen LogP contribution in [0.2, 0.25) is 0 Å². The normalized spacial score (nSPS) is 48.7. The van der Waals surface area contributed by atoms with Crippen LogP contribution in [0.1, 0.15) is 32.6 Å². The van der Waals surface area contributed by atoms with E-state index in [0.29, 0.717) is 0 Å². The Hall–Kier alpha value is -0.550. The van der Waals surface area contributed by atoms with Gasteiger partial charge in [-0.2, -0.15) is 5.26 Å². The molecule has 1 aliphatic heterocycles. The van der Waals surface area contributed by atoms with Gasteiger partial charge in [0.2, 0.25) is 0 Å². The molecule has 0 amide bonds. The van der Waals surface area contributed by atoms with Crippen molar-refractivity contribution in [3.05, 3.63) is 0 Å². The molecule has 0 radical (unpaired) electrons. The van der Waals surface area contributed by atoms with Crippen LogP contribution in [-0.2, 0) is 4.74 Å². The molecule has 0 aromatic carbocycles. The monoisotopic (exact) mass is 151 g/mol. The lowest BCUT2D eigenvalue weighted by Crippen LogP contribution is -2.22. The van der Waals surface area contributed by atoms with Crippen LogP contribution in [0.5, 0.6) is 0 Å². The zero-order valence-electron chi connectivity index (χ0n) is 6.84. The summed E-state index contributed by atoms with van der Waals surface area (Å²) in [5.74, 6) is 0.837. The van der Waals surface area contributed by atoms with E-state index in [1.54, 1.807) is 0 Å². The molecule has 0 N–H and O–H groups in total. The highest BCUT2D eigenvalue weighted by molar-refractivity contribution is 5.14. The maximum Gasteiger partial charge on any atom is 0.173 e. The maximum atomic E-state index is 8.61. The lowest BCUT2D eigenvalue weighted by atomic mass is 9.81. The average Bonchev–Trinajstić information content (AvgIpc) is 2.71. The highest BCUT2D eigenvalue weighted by atomic mass is 16.6. The molecule has 1 saturated heterocycles. The van der Waals surface area contributed by atoms with Crippen LogP contribution in [0.3, 0.4) is 0 Å². The number of ether oxygens (including phenoxy) is 1. The second-order valence-corrected chi connectivity index (χ2v) is 3.87. The number of hydrogen-bond acceptors (Lipinski definition) is 2. The summed E-state index contributed by atoms with van der Waals surface area (Å²) in [5, 5.41) is 8.61. The number of nitriles is 1. The molecule has 11 heavy (non-hydrogen) atoms. The van der Waals surface area contributed by atoms with Crippen molar-refractivity contribution in [3.8, 4) is 6.07 Å². The SMILES string of the molecule is CC1CCC2(CC1)OC2C#N.